The third-order valence-electron chi connectivity index (χ3n) is 5.09. The van der Waals surface area contributed by atoms with Crippen molar-refractivity contribution < 1.29 is 9.59 Å². The highest BCUT2D eigenvalue weighted by molar-refractivity contribution is 7.15. The molecule has 0 aliphatic rings. The number of carbonyl (C=O) groups is 2. The summed E-state index contributed by atoms with van der Waals surface area (Å²) in [6, 6.07) is 14.2. The molecule has 2 heterocycles. The summed E-state index contributed by atoms with van der Waals surface area (Å²) in [6.45, 7) is 5.78. The van der Waals surface area contributed by atoms with Gasteiger partial charge in [-0.15, -0.1) is 11.3 Å². The molecule has 158 valence electrons. The van der Waals surface area contributed by atoms with Crippen molar-refractivity contribution >= 4 is 33.8 Å². The van der Waals surface area contributed by atoms with Crippen LogP contribution in [-0.2, 0) is 4.79 Å². The van der Waals surface area contributed by atoms with E-state index in [4.69, 9.17) is 0 Å². The quantitative estimate of drug-likeness (QED) is 0.461. The molecule has 0 bridgehead atoms. The Bertz CT molecular complexity index is 1180. The molecule has 4 aromatic rings. The summed E-state index contributed by atoms with van der Waals surface area (Å²) >= 11 is 1.58. The highest BCUT2D eigenvalue weighted by Gasteiger charge is 2.24. The molecule has 2 aromatic carbocycles. The third kappa shape index (κ3) is 4.67. The molecule has 2 amide bonds. The van der Waals surface area contributed by atoms with Crippen molar-refractivity contribution in [3.8, 4) is 11.3 Å². The number of imidazole rings is 1. The number of fused-ring (bicyclic) bond motifs is 1. The van der Waals surface area contributed by atoms with Crippen LogP contribution in [0.2, 0.25) is 0 Å². The molecule has 0 saturated heterocycles. The first kappa shape index (κ1) is 20.8. The third-order valence-corrected chi connectivity index (χ3v) is 5.86. The zero-order valence-electron chi connectivity index (χ0n) is 17.6. The number of aromatic nitrogens is 2. The molecule has 2 aromatic heterocycles. The predicted octanol–water partition coefficient (Wildman–Crippen LogP) is 4.76. The van der Waals surface area contributed by atoms with E-state index >= 15 is 0 Å². The Balaban J connectivity index is 1.44. The number of benzene rings is 2. The predicted molar refractivity (Wildman–Crippen MR) is 124 cm³/mol. The van der Waals surface area contributed by atoms with Crippen molar-refractivity contribution in [2.75, 3.05) is 5.32 Å². The van der Waals surface area contributed by atoms with E-state index in [0.717, 1.165) is 21.8 Å². The van der Waals surface area contributed by atoms with E-state index in [1.807, 2.05) is 79.3 Å². The van der Waals surface area contributed by atoms with Gasteiger partial charge in [0.1, 0.15) is 6.04 Å². The van der Waals surface area contributed by atoms with Crippen molar-refractivity contribution in [3.63, 3.8) is 0 Å². The van der Waals surface area contributed by atoms with Crippen LogP contribution in [0, 0.1) is 12.8 Å². The molecule has 0 radical (unpaired) electrons. The number of nitrogens with one attached hydrogen (secondary N) is 2. The van der Waals surface area contributed by atoms with Gasteiger partial charge in [0, 0.05) is 34.6 Å². The summed E-state index contributed by atoms with van der Waals surface area (Å²) < 4.78 is 1.99. The second-order valence-electron chi connectivity index (χ2n) is 7.85. The second-order valence-corrected chi connectivity index (χ2v) is 8.72. The summed E-state index contributed by atoms with van der Waals surface area (Å²) in [4.78, 5) is 31.0. The maximum absolute atomic E-state index is 12.9. The Morgan fingerprint density at radius 3 is 2.39 bits per heavy atom. The first-order chi connectivity index (χ1) is 14.9. The van der Waals surface area contributed by atoms with Crippen molar-refractivity contribution in [1.29, 1.82) is 0 Å². The van der Waals surface area contributed by atoms with E-state index in [1.165, 1.54) is 0 Å². The molecule has 4 rings (SSSR count). The van der Waals surface area contributed by atoms with Crippen LogP contribution in [0.3, 0.4) is 0 Å². The summed E-state index contributed by atoms with van der Waals surface area (Å²) in [6.07, 6.45) is 3.96. The first-order valence-corrected chi connectivity index (χ1v) is 11.0. The van der Waals surface area contributed by atoms with Crippen molar-refractivity contribution in [2.24, 2.45) is 5.92 Å². The van der Waals surface area contributed by atoms with E-state index in [1.54, 1.807) is 23.5 Å². The van der Waals surface area contributed by atoms with E-state index in [0.29, 0.717) is 11.3 Å². The standard InChI is InChI=1S/C24H24N4O2S/c1-15(2)21(27-22(29)18-6-4-16(3)5-7-18)23(30)25-19-10-8-17(9-11-19)20-14-28-12-13-31-24(28)26-20/h4-15,21H,1-3H3,(H,25,30)(H,27,29)/t21-/m0/s1. The van der Waals surface area contributed by atoms with Crippen molar-refractivity contribution in [2.45, 2.75) is 26.8 Å². The number of rotatable bonds is 6. The number of carbonyl (C=O) groups excluding carboxylic acids is 2. The fourth-order valence-corrected chi connectivity index (χ4v) is 3.98. The van der Waals surface area contributed by atoms with Gasteiger partial charge in [-0.25, -0.2) is 4.98 Å². The Hall–Kier alpha value is -3.45. The number of hydrogen-bond acceptors (Lipinski definition) is 4. The number of amides is 2. The lowest BCUT2D eigenvalue weighted by atomic mass is 10.0. The lowest BCUT2D eigenvalue weighted by Crippen LogP contribution is -2.47. The minimum absolute atomic E-state index is 0.0628. The van der Waals surface area contributed by atoms with Gasteiger partial charge in [-0.2, -0.15) is 0 Å². The van der Waals surface area contributed by atoms with Crippen LogP contribution in [-0.4, -0.2) is 27.2 Å². The molecule has 0 unspecified atom stereocenters. The number of thiazole rings is 1. The molecule has 0 spiro atoms. The lowest BCUT2D eigenvalue weighted by Gasteiger charge is -2.22. The zero-order chi connectivity index (χ0) is 22.0. The lowest BCUT2D eigenvalue weighted by molar-refractivity contribution is -0.118. The van der Waals surface area contributed by atoms with Gasteiger partial charge in [0.05, 0.1) is 5.69 Å². The van der Waals surface area contributed by atoms with Crippen LogP contribution in [0.5, 0.6) is 0 Å². The monoisotopic (exact) mass is 432 g/mol. The van der Waals surface area contributed by atoms with Crippen LogP contribution in [0.15, 0.2) is 66.3 Å². The molecule has 0 aliphatic heterocycles. The number of hydrogen-bond donors (Lipinski definition) is 2. The average Bonchev–Trinajstić information content (AvgIpc) is 3.35. The van der Waals surface area contributed by atoms with Crippen LogP contribution in [0.1, 0.15) is 29.8 Å². The van der Waals surface area contributed by atoms with E-state index in [-0.39, 0.29) is 17.7 Å². The van der Waals surface area contributed by atoms with Crippen molar-refractivity contribution in [3.05, 3.63) is 77.4 Å². The summed E-state index contributed by atoms with van der Waals surface area (Å²) in [5.41, 5.74) is 4.14. The highest BCUT2D eigenvalue weighted by atomic mass is 32.1. The Morgan fingerprint density at radius 2 is 1.74 bits per heavy atom. The summed E-state index contributed by atoms with van der Waals surface area (Å²) in [7, 11) is 0. The smallest absolute Gasteiger partial charge is 0.251 e. The molecule has 31 heavy (non-hydrogen) atoms. The van der Waals surface area contributed by atoms with Gasteiger partial charge in [-0.3, -0.25) is 14.0 Å². The second kappa shape index (κ2) is 8.73. The van der Waals surface area contributed by atoms with E-state index in [9.17, 15) is 9.59 Å². The van der Waals surface area contributed by atoms with Gasteiger partial charge in [-0.1, -0.05) is 43.7 Å². The largest absolute Gasteiger partial charge is 0.340 e. The summed E-state index contributed by atoms with van der Waals surface area (Å²) in [5.74, 6) is -0.568. The van der Waals surface area contributed by atoms with Gasteiger partial charge < -0.3 is 10.6 Å². The topological polar surface area (TPSA) is 75.5 Å². The van der Waals surface area contributed by atoms with Gasteiger partial charge in [0.2, 0.25) is 5.91 Å². The van der Waals surface area contributed by atoms with E-state index in [2.05, 4.69) is 15.6 Å². The molecule has 0 aliphatic carbocycles. The van der Waals surface area contributed by atoms with Crippen LogP contribution in [0.4, 0.5) is 5.69 Å². The molecule has 2 N–H and O–H groups in total. The van der Waals surface area contributed by atoms with Gasteiger partial charge in [-0.05, 0) is 37.1 Å². The van der Waals surface area contributed by atoms with Crippen molar-refractivity contribution in [1.82, 2.24) is 14.7 Å². The van der Waals surface area contributed by atoms with Crippen LogP contribution >= 0.6 is 11.3 Å². The van der Waals surface area contributed by atoms with Gasteiger partial charge >= 0.3 is 0 Å². The van der Waals surface area contributed by atoms with Crippen LogP contribution < -0.4 is 10.6 Å². The highest BCUT2D eigenvalue weighted by Crippen LogP contribution is 2.23. The Kier molecular flexibility index (Phi) is 5.86. The summed E-state index contributed by atoms with van der Waals surface area (Å²) in [5, 5.41) is 7.76. The fourth-order valence-electron chi connectivity index (χ4n) is 3.28. The maximum Gasteiger partial charge on any atom is 0.251 e. The Labute approximate surface area is 185 Å². The minimum Gasteiger partial charge on any atom is -0.340 e. The molecule has 7 heteroatoms. The molecule has 1 atom stereocenters. The molecule has 6 nitrogen and oxygen atoms in total. The SMILES string of the molecule is Cc1ccc(C(=O)N[C@H](C(=O)Nc2ccc(-c3cn4ccsc4n3)cc2)C(C)C)cc1. The van der Waals surface area contributed by atoms with Crippen LogP contribution in [0.25, 0.3) is 16.2 Å². The zero-order valence-corrected chi connectivity index (χ0v) is 18.4. The number of anilines is 1. The van der Waals surface area contributed by atoms with Gasteiger partial charge in [0.15, 0.2) is 4.96 Å². The molecular formula is C24H24N4O2S. The minimum atomic E-state index is -0.645. The average molecular weight is 433 g/mol. The molecule has 0 fully saturated rings. The number of nitrogens with zero attached hydrogens (tertiary/aromatic N) is 2. The van der Waals surface area contributed by atoms with E-state index < -0.39 is 6.04 Å². The molecule has 0 saturated carbocycles. The Morgan fingerprint density at radius 1 is 1.03 bits per heavy atom. The number of aryl methyl sites for hydroxylation is 1. The molecular weight excluding hydrogens is 408 g/mol. The first-order valence-electron chi connectivity index (χ1n) is 10.1. The normalized spacial score (nSPS) is 12.1. The maximum atomic E-state index is 12.9. The van der Waals surface area contributed by atoms with Gasteiger partial charge in [0.25, 0.3) is 5.91 Å². The fraction of sp³-hybridized carbons (Fsp3) is 0.208.